The molecule has 0 aromatic heterocycles. The first kappa shape index (κ1) is 9.29. The summed E-state index contributed by atoms with van der Waals surface area (Å²) >= 11 is 0. The number of hydrogen-bond donors (Lipinski definition) is 1. The lowest BCUT2D eigenvalue weighted by molar-refractivity contribution is -0.398. The van der Waals surface area contributed by atoms with E-state index in [0.29, 0.717) is 0 Å². The highest BCUT2D eigenvalue weighted by Crippen LogP contribution is 1.91. The predicted octanol–water partition coefficient (Wildman–Crippen LogP) is -0.170. The molecule has 11 heavy (non-hydrogen) atoms. The highest BCUT2D eigenvalue weighted by Gasteiger charge is 1.79. The highest BCUT2D eigenvalue weighted by molar-refractivity contribution is 5.74. The first-order valence-electron chi connectivity index (χ1n) is 2.84. The zero-order valence-electron chi connectivity index (χ0n) is 5.69. The lowest BCUT2D eigenvalue weighted by atomic mass is 10.2. The maximum absolute atomic E-state index is 10.0. The maximum Gasteiger partial charge on any atom is 0.150 e. The van der Waals surface area contributed by atoms with Crippen LogP contribution in [-0.2, 0) is 0 Å². The molecular formula is C7H7NO3. The van der Waals surface area contributed by atoms with E-state index in [1.807, 2.05) is 18.2 Å². The maximum atomic E-state index is 10.0. The van der Waals surface area contributed by atoms with Crippen molar-refractivity contribution in [1.29, 1.82) is 0 Å². The summed E-state index contributed by atoms with van der Waals surface area (Å²) in [5, 5.41) is 8.38. The third-order valence-electron chi connectivity index (χ3n) is 0.936. The van der Waals surface area contributed by atoms with E-state index < -0.39 is 0 Å². The average molecular weight is 153 g/mol. The summed E-state index contributed by atoms with van der Waals surface area (Å²) in [7, 11) is 0. The van der Waals surface area contributed by atoms with Crippen molar-refractivity contribution in [3.05, 3.63) is 46.0 Å². The van der Waals surface area contributed by atoms with E-state index in [0.717, 1.165) is 11.8 Å². The number of aldehydes is 1. The molecule has 0 bridgehead atoms. The van der Waals surface area contributed by atoms with Crippen LogP contribution >= 0.6 is 0 Å². The van der Waals surface area contributed by atoms with Gasteiger partial charge in [0.05, 0.1) is 0 Å². The van der Waals surface area contributed by atoms with Gasteiger partial charge in [0.2, 0.25) is 0 Å². The van der Waals surface area contributed by atoms with Gasteiger partial charge < -0.3 is 0 Å². The molecule has 0 aliphatic heterocycles. The number of benzene rings is 1. The first-order valence-corrected chi connectivity index (χ1v) is 2.84. The van der Waals surface area contributed by atoms with Crippen LogP contribution in [0.2, 0.25) is 0 Å². The molecule has 1 aromatic carbocycles. The summed E-state index contributed by atoms with van der Waals surface area (Å²) < 4.78 is 0. The van der Waals surface area contributed by atoms with Crippen LogP contribution in [0.3, 0.4) is 0 Å². The molecule has 58 valence electrons. The van der Waals surface area contributed by atoms with E-state index in [4.69, 9.17) is 10.1 Å². The molecule has 0 heterocycles. The van der Waals surface area contributed by atoms with Crippen LogP contribution in [0.25, 0.3) is 0 Å². The van der Waals surface area contributed by atoms with Crippen LogP contribution < -0.4 is 5.34 Å². The fraction of sp³-hybridized carbons (Fsp3) is 0. The standard InChI is InChI=1S/C7H6O.HNO2/c8-6-7-4-2-1-3-5-7;2-1-3/h1-6H;1H. The van der Waals surface area contributed by atoms with Crippen molar-refractivity contribution in [3.8, 4) is 0 Å². The quantitative estimate of drug-likeness (QED) is 0.346. The molecule has 0 saturated heterocycles. The second-order valence-electron chi connectivity index (χ2n) is 1.61. The molecule has 4 nitrogen and oxygen atoms in total. The molecule has 0 atom stereocenters. The Morgan fingerprint density at radius 3 is 2.00 bits per heavy atom. The first-order chi connectivity index (χ1) is 5.35. The summed E-state index contributed by atoms with van der Waals surface area (Å²) in [6, 6.07) is 9.10. The zero-order chi connectivity index (χ0) is 8.53. The molecule has 0 aliphatic rings. The van der Waals surface area contributed by atoms with Crippen LogP contribution in [0.15, 0.2) is 30.3 Å². The molecule has 0 radical (unpaired) electrons. The van der Waals surface area contributed by atoms with E-state index in [2.05, 4.69) is 0 Å². The second-order valence-corrected chi connectivity index (χ2v) is 1.61. The summed E-state index contributed by atoms with van der Waals surface area (Å²) in [4.78, 5) is 18.1. The van der Waals surface area contributed by atoms with E-state index in [1.165, 1.54) is 0 Å². The Morgan fingerprint density at radius 2 is 1.73 bits per heavy atom. The summed E-state index contributed by atoms with van der Waals surface area (Å²) in [5.74, 6) is 0. The fourth-order valence-corrected chi connectivity index (χ4v) is 0.532. The molecule has 0 saturated carbocycles. The van der Waals surface area contributed by atoms with Gasteiger partial charge in [0.15, 0.2) is 0 Å². The number of rotatable bonds is 1. The molecular weight excluding hydrogens is 146 g/mol. The van der Waals surface area contributed by atoms with Crippen molar-refractivity contribution in [2.45, 2.75) is 0 Å². The van der Waals surface area contributed by atoms with E-state index in [9.17, 15) is 4.79 Å². The topological polar surface area (TPSA) is 71.2 Å². The van der Waals surface area contributed by atoms with Gasteiger partial charge in [-0.15, -0.1) is 0 Å². The molecule has 0 aliphatic carbocycles. The molecule has 0 fully saturated rings. The minimum atomic E-state index is 0.250. The molecule has 4 heteroatoms. The van der Waals surface area contributed by atoms with Gasteiger partial charge in [-0.25, -0.2) is 0 Å². The minimum absolute atomic E-state index is 0.250. The van der Waals surface area contributed by atoms with Crippen LogP contribution in [-0.4, -0.2) is 6.29 Å². The van der Waals surface area contributed by atoms with Gasteiger partial charge in [-0.2, -0.15) is 0 Å². The van der Waals surface area contributed by atoms with Gasteiger partial charge in [-0.05, 0) is 0 Å². The third kappa shape index (κ3) is 4.77. The monoisotopic (exact) mass is 153 g/mol. The largest absolute Gasteiger partial charge is 0.298 e. The van der Waals surface area contributed by atoms with E-state index >= 15 is 0 Å². The van der Waals surface area contributed by atoms with Crippen molar-refractivity contribution in [2.24, 2.45) is 0 Å². The van der Waals surface area contributed by atoms with Crippen molar-refractivity contribution < 1.29 is 10.1 Å². The number of hydrogen-bond acceptors (Lipinski definition) is 3. The minimum Gasteiger partial charge on any atom is -0.298 e. The van der Waals surface area contributed by atoms with Crippen LogP contribution in [0.1, 0.15) is 10.4 Å². The van der Waals surface area contributed by atoms with E-state index in [-0.39, 0.29) is 5.34 Å². The molecule has 0 spiro atoms. The summed E-state index contributed by atoms with van der Waals surface area (Å²) in [6.45, 7) is 0. The van der Waals surface area contributed by atoms with Crippen LogP contribution in [0.4, 0.5) is 0 Å². The Balaban J connectivity index is 0.000000292. The van der Waals surface area contributed by atoms with Gasteiger partial charge in [0.1, 0.15) is 6.29 Å². The highest BCUT2D eigenvalue weighted by atomic mass is 16.6. The lowest BCUT2D eigenvalue weighted by Gasteiger charge is -1.81. The molecule has 0 amide bonds. The predicted molar refractivity (Wildman–Crippen MR) is 39.5 cm³/mol. The Hall–Kier alpha value is -1.71. The van der Waals surface area contributed by atoms with Crippen molar-refractivity contribution in [1.82, 2.24) is 0 Å². The Morgan fingerprint density at radius 1 is 1.27 bits per heavy atom. The normalized spacial score (nSPS) is 7.27. The molecule has 1 N–H and O–H groups in total. The molecule has 0 unspecified atom stereocenters. The van der Waals surface area contributed by atoms with Gasteiger partial charge in [-0.3, -0.25) is 14.9 Å². The zero-order valence-corrected chi connectivity index (χ0v) is 5.69. The number of nitrogens with one attached hydrogen (secondary N) is 1. The Bertz CT molecular complexity index is 210. The number of carbonyl (C=O) groups excluding carboxylic acids is 1. The van der Waals surface area contributed by atoms with E-state index in [1.54, 1.807) is 12.1 Å². The lowest BCUT2D eigenvalue weighted by Crippen LogP contribution is -2.53. The van der Waals surface area contributed by atoms with Crippen molar-refractivity contribution in [2.75, 3.05) is 0 Å². The third-order valence-corrected chi connectivity index (χ3v) is 0.936. The Labute approximate surface area is 63.4 Å². The second kappa shape index (κ2) is 6.41. The summed E-state index contributed by atoms with van der Waals surface area (Å²) in [6.07, 6.45) is 0.833. The van der Waals surface area contributed by atoms with Gasteiger partial charge >= 0.3 is 0 Å². The SMILES string of the molecule is O=Cc1ccccc1.O=[NH+][O-]. The number of carbonyl (C=O) groups is 1. The van der Waals surface area contributed by atoms with Crippen molar-refractivity contribution >= 4 is 6.29 Å². The van der Waals surface area contributed by atoms with Crippen LogP contribution in [0.5, 0.6) is 0 Å². The molecule has 1 aromatic rings. The van der Waals surface area contributed by atoms with Gasteiger partial charge in [0.25, 0.3) is 0 Å². The van der Waals surface area contributed by atoms with Crippen molar-refractivity contribution in [3.63, 3.8) is 0 Å². The molecule has 1 rings (SSSR count). The van der Waals surface area contributed by atoms with Gasteiger partial charge in [0, 0.05) is 10.9 Å². The summed E-state index contributed by atoms with van der Waals surface area (Å²) in [5.41, 5.74) is 0.729. The Kier molecular flexibility index (Phi) is 5.41. The van der Waals surface area contributed by atoms with Gasteiger partial charge in [-0.1, -0.05) is 30.3 Å². The average Bonchev–Trinajstić information content (AvgIpc) is 2.08. The smallest absolute Gasteiger partial charge is 0.150 e. The fourth-order valence-electron chi connectivity index (χ4n) is 0.532. The van der Waals surface area contributed by atoms with Crippen LogP contribution in [0, 0.1) is 10.1 Å².